The van der Waals surface area contributed by atoms with Gasteiger partial charge in [0, 0.05) is 0 Å². The Balaban J connectivity index is 3.27. The van der Waals surface area contributed by atoms with Crippen LogP contribution in [0.3, 0.4) is 0 Å². The van der Waals surface area contributed by atoms with Gasteiger partial charge in [0.1, 0.15) is 0 Å². The van der Waals surface area contributed by atoms with Crippen LogP contribution < -0.4 is 0 Å². The molecule has 1 unspecified atom stereocenters. The van der Waals surface area contributed by atoms with Gasteiger partial charge in [0.05, 0.1) is 0 Å². The number of allylic oxidation sites excluding steroid dienone is 1. The molecule has 1 aliphatic rings. The van der Waals surface area contributed by atoms with Gasteiger partial charge in [-0.1, -0.05) is 0 Å². The maximum atomic E-state index is 10.6. The number of hydrogen-bond acceptors (Lipinski definition) is 6. The molecule has 1 atom stereocenters. The summed E-state index contributed by atoms with van der Waals surface area (Å²) in [6.45, 7) is 0. The minimum absolute atomic E-state index is 1.27. The van der Waals surface area contributed by atoms with Crippen molar-refractivity contribution in [3.8, 4) is 0 Å². The SMILES string of the molecule is O=C1C(=O)C(O)C(=O)C(O)=C1O. The van der Waals surface area contributed by atoms with E-state index in [1.807, 2.05) is 0 Å². The smallest absolute Gasteiger partial charge is 0.270 e. The summed E-state index contributed by atoms with van der Waals surface area (Å²) < 4.78 is 0. The fourth-order valence-corrected chi connectivity index (χ4v) is 0.714. The molecule has 6 heteroatoms. The van der Waals surface area contributed by atoms with Crippen molar-refractivity contribution in [3.05, 3.63) is 11.5 Å². The van der Waals surface area contributed by atoms with E-state index in [4.69, 9.17) is 15.3 Å². The van der Waals surface area contributed by atoms with Crippen molar-refractivity contribution in [2.24, 2.45) is 0 Å². The molecule has 0 amide bonds. The second-order valence-corrected chi connectivity index (χ2v) is 2.16. The van der Waals surface area contributed by atoms with Crippen LogP contribution in [0, 0.1) is 0 Å². The van der Waals surface area contributed by atoms with Gasteiger partial charge in [-0.25, -0.2) is 0 Å². The fraction of sp³-hybridized carbons (Fsp3) is 0.167. The van der Waals surface area contributed by atoms with E-state index in [9.17, 15) is 14.4 Å². The monoisotopic (exact) mass is 172 g/mol. The molecule has 0 saturated heterocycles. The molecule has 0 aromatic rings. The number of Topliss-reactive ketones (excluding diaryl/α,β-unsaturated/α-hetero) is 3. The molecule has 0 aromatic carbocycles. The molecule has 0 aromatic heterocycles. The molecule has 0 saturated carbocycles. The van der Waals surface area contributed by atoms with E-state index in [1.165, 1.54) is 0 Å². The molecule has 0 fully saturated rings. The maximum Gasteiger partial charge on any atom is 0.270 e. The van der Waals surface area contributed by atoms with Crippen molar-refractivity contribution in [1.29, 1.82) is 0 Å². The van der Waals surface area contributed by atoms with Crippen molar-refractivity contribution in [2.45, 2.75) is 6.10 Å². The first kappa shape index (κ1) is 8.41. The molecule has 1 rings (SSSR count). The van der Waals surface area contributed by atoms with E-state index in [0.29, 0.717) is 0 Å². The van der Waals surface area contributed by atoms with E-state index >= 15 is 0 Å². The summed E-state index contributed by atoms with van der Waals surface area (Å²) in [6, 6.07) is 0. The van der Waals surface area contributed by atoms with Crippen LogP contribution in [0.25, 0.3) is 0 Å². The molecule has 64 valence electrons. The first-order valence-electron chi connectivity index (χ1n) is 2.90. The number of ketones is 3. The molecule has 0 spiro atoms. The molecule has 3 N–H and O–H groups in total. The number of rotatable bonds is 0. The van der Waals surface area contributed by atoms with E-state index in [1.54, 1.807) is 0 Å². The zero-order chi connectivity index (χ0) is 9.46. The average molecular weight is 172 g/mol. The Morgan fingerprint density at radius 1 is 0.917 bits per heavy atom. The van der Waals surface area contributed by atoms with Gasteiger partial charge in [0.15, 0.2) is 6.10 Å². The zero-order valence-corrected chi connectivity index (χ0v) is 5.64. The van der Waals surface area contributed by atoms with Gasteiger partial charge in [-0.05, 0) is 0 Å². The maximum absolute atomic E-state index is 10.6. The molecule has 0 aliphatic heterocycles. The number of aliphatic hydroxyl groups excluding tert-OH is 3. The lowest BCUT2D eigenvalue weighted by Gasteiger charge is -2.12. The molecule has 0 heterocycles. The summed E-state index contributed by atoms with van der Waals surface area (Å²) in [5.74, 6) is -6.84. The summed E-state index contributed by atoms with van der Waals surface area (Å²) in [4.78, 5) is 31.7. The third-order valence-corrected chi connectivity index (χ3v) is 1.39. The largest absolute Gasteiger partial charge is 0.502 e. The number of carbonyl (C=O) groups is 3. The molecule has 6 nitrogen and oxygen atoms in total. The molecule has 0 bridgehead atoms. The normalized spacial score (nSPS) is 25.1. The van der Waals surface area contributed by atoms with Crippen LogP contribution in [0.1, 0.15) is 0 Å². The van der Waals surface area contributed by atoms with E-state index in [0.717, 1.165) is 0 Å². The Hall–Kier alpha value is -1.69. The van der Waals surface area contributed by atoms with Gasteiger partial charge in [0.2, 0.25) is 23.1 Å². The van der Waals surface area contributed by atoms with Crippen molar-refractivity contribution in [2.75, 3.05) is 0 Å². The van der Waals surface area contributed by atoms with Crippen molar-refractivity contribution >= 4 is 17.3 Å². The average Bonchev–Trinajstić information content (AvgIpc) is 2.08. The first-order valence-corrected chi connectivity index (χ1v) is 2.90. The Bertz CT molecular complexity index is 312. The molecule has 0 radical (unpaired) electrons. The summed E-state index contributed by atoms with van der Waals surface area (Å²) >= 11 is 0. The summed E-state index contributed by atoms with van der Waals surface area (Å²) in [6.07, 6.45) is -2.19. The third kappa shape index (κ3) is 0.892. The highest BCUT2D eigenvalue weighted by Crippen LogP contribution is 2.12. The Morgan fingerprint density at radius 3 is 1.92 bits per heavy atom. The number of aliphatic hydroxyl groups is 3. The zero-order valence-electron chi connectivity index (χ0n) is 5.64. The van der Waals surface area contributed by atoms with Crippen LogP contribution in [-0.4, -0.2) is 38.8 Å². The third-order valence-electron chi connectivity index (χ3n) is 1.39. The van der Waals surface area contributed by atoms with Gasteiger partial charge in [-0.2, -0.15) is 0 Å². The predicted molar refractivity (Wildman–Crippen MR) is 33.3 cm³/mol. The van der Waals surface area contributed by atoms with Gasteiger partial charge in [-0.3, -0.25) is 14.4 Å². The van der Waals surface area contributed by atoms with E-state index in [-0.39, 0.29) is 0 Å². The Kier molecular flexibility index (Phi) is 1.69. The van der Waals surface area contributed by atoms with E-state index < -0.39 is 35.0 Å². The van der Waals surface area contributed by atoms with Gasteiger partial charge in [0.25, 0.3) is 5.78 Å². The summed E-state index contributed by atoms with van der Waals surface area (Å²) in [7, 11) is 0. The summed E-state index contributed by atoms with van der Waals surface area (Å²) in [5, 5.41) is 26.0. The Morgan fingerprint density at radius 2 is 1.42 bits per heavy atom. The van der Waals surface area contributed by atoms with Crippen molar-refractivity contribution < 1.29 is 29.7 Å². The highest BCUT2D eigenvalue weighted by Gasteiger charge is 2.41. The van der Waals surface area contributed by atoms with Crippen LogP contribution in [0.2, 0.25) is 0 Å². The molecular weight excluding hydrogens is 168 g/mol. The standard InChI is InChI=1S/C6H4O6/c7-1-2(8)4(10)6(12)5(11)3(1)9/h1,7,10,12H. The minimum atomic E-state index is -2.19. The number of carbonyl (C=O) groups excluding carboxylic acids is 3. The van der Waals surface area contributed by atoms with Crippen LogP contribution >= 0.6 is 0 Å². The van der Waals surface area contributed by atoms with Crippen LogP contribution in [0.5, 0.6) is 0 Å². The highest BCUT2D eigenvalue weighted by atomic mass is 16.3. The lowest BCUT2D eigenvalue weighted by Crippen LogP contribution is -2.42. The Labute approximate surface area is 65.7 Å². The van der Waals surface area contributed by atoms with Crippen LogP contribution in [-0.2, 0) is 14.4 Å². The van der Waals surface area contributed by atoms with Gasteiger partial charge >= 0.3 is 0 Å². The second-order valence-electron chi connectivity index (χ2n) is 2.16. The van der Waals surface area contributed by atoms with E-state index in [2.05, 4.69) is 0 Å². The number of hydrogen-bond donors (Lipinski definition) is 3. The van der Waals surface area contributed by atoms with Crippen molar-refractivity contribution in [3.63, 3.8) is 0 Å². The van der Waals surface area contributed by atoms with Crippen LogP contribution in [0.15, 0.2) is 11.5 Å². The topological polar surface area (TPSA) is 112 Å². The molecule has 1 aliphatic carbocycles. The quantitative estimate of drug-likeness (QED) is 0.299. The van der Waals surface area contributed by atoms with Crippen molar-refractivity contribution in [1.82, 2.24) is 0 Å². The van der Waals surface area contributed by atoms with Gasteiger partial charge < -0.3 is 15.3 Å². The fourth-order valence-electron chi connectivity index (χ4n) is 0.714. The molecular formula is C6H4O6. The predicted octanol–water partition coefficient (Wildman–Crippen LogP) is -1.60. The lowest BCUT2D eigenvalue weighted by atomic mass is 9.97. The minimum Gasteiger partial charge on any atom is -0.502 e. The van der Waals surface area contributed by atoms with Crippen LogP contribution in [0.4, 0.5) is 0 Å². The molecule has 12 heavy (non-hydrogen) atoms. The second kappa shape index (κ2) is 2.42. The first-order chi connectivity index (χ1) is 5.46. The highest BCUT2D eigenvalue weighted by molar-refractivity contribution is 6.51. The van der Waals surface area contributed by atoms with Gasteiger partial charge in [-0.15, -0.1) is 0 Å². The lowest BCUT2D eigenvalue weighted by molar-refractivity contribution is -0.148. The summed E-state index contributed by atoms with van der Waals surface area (Å²) in [5.41, 5.74) is 0.